The largest absolute Gasteiger partial charge is 0.480 e. The van der Waals surface area contributed by atoms with Crippen molar-refractivity contribution < 1.29 is 29.4 Å². The highest BCUT2D eigenvalue weighted by Gasteiger charge is 2.32. The number of carboxylic acid groups (broad SMARTS) is 2. The third-order valence-electron chi connectivity index (χ3n) is 4.14. The van der Waals surface area contributed by atoms with Crippen molar-refractivity contribution >= 4 is 23.8 Å². The molecule has 154 valence electrons. The van der Waals surface area contributed by atoms with Crippen molar-refractivity contribution in [3.63, 3.8) is 0 Å². The van der Waals surface area contributed by atoms with Crippen LogP contribution in [0.5, 0.6) is 0 Å². The second-order valence-corrected chi connectivity index (χ2v) is 6.74. The molecule has 0 spiro atoms. The number of aromatic nitrogens is 3. The molecule has 0 fully saturated rings. The predicted molar refractivity (Wildman–Crippen MR) is 99.0 cm³/mol. The van der Waals surface area contributed by atoms with E-state index in [4.69, 9.17) is 5.11 Å². The molecule has 1 atom stereocenters. The number of nitrogens with zero attached hydrogens (tertiary/aromatic N) is 3. The van der Waals surface area contributed by atoms with E-state index in [9.17, 15) is 24.3 Å². The van der Waals surface area contributed by atoms with Crippen LogP contribution in [0.2, 0.25) is 0 Å². The number of carboxylic acids is 2. The van der Waals surface area contributed by atoms with Gasteiger partial charge in [-0.1, -0.05) is 35.5 Å². The highest BCUT2D eigenvalue weighted by atomic mass is 16.4. The Morgan fingerprint density at radius 1 is 1.14 bits per heavy atom. The van der Waals surface area contributed by atoms with E-state index < -0.39 is 41.9 Å². The highest BCUT2D eigenvalue weighted by molar-refractivity contribution is 5.96. The molecule has 0 bridgehead atoms. The van der Waals surface area contributed by atoms with Crippen molar-refractivity contribution in [2.24, 2.45) is 0 Å². The fraction of sp³-hybridized carbons (Fsp3) is 0.333. The van der Waals surface area contributed by atoms with Crippen molar-refractivity contribution in [3.8, 4) is 0 Å². The maximum atomic E-state index is 12.5. The van der Waals surface area contributed by atoms with E-state index in [2.05, 4.69) is 20.9 Å². The van der Waals surface area contributed by atoms with Gasteiger partial charge in [0, 0.05) is 6.42 Å². The molecule has 1 heterocycles. The van der Waals surface area contributed by atoms with E-state index in [1.54, 1.807) is 30.3 Å². The van der Waals surface area contributed by atoms with Crippen LogP contribution in [0, 0.1) is 0 Å². The quantitative estimate of drug-likeness (QED) is 0.441. The van der Waals surface area contributed by atoms with E-state index in [1.165, 1.54) is 13.8 Å². The zero-order chi connectivity index (χ0) is 21.6. The van der Waals surface area contributed by atoms with Gasteiger partial charge >= 0.3 is 11.9 Å². The van der Waals surface area contributed by atoms with E-state index >= 15 is 0 Å². The molecule has 0 saturated heterocycles. The lowest BCUT2D eigenvalue weighted by Crippen LogP contribution is -2.49. The summed E-state index contributed by atoms with van der Waals surface area (Å²) in [5.74, 6) is -3.81. The summed E-state index contributed by atoms with van der Waals surface area (Å²) in [6.45, 7) is 2.19. The van der Waals surface area contributed by atoms with Crippen LogP contribution in [0.4, 0.5) is 0 Å². The molecule has 2 rings (SSSR count). The average molecular weight is 403 g/mol. The predicted octanol–water partition coefficient (Wildman–Crippen LogP) is -0.360. The first-order valence-electron chi connectivity index (χ1n) is 8.61. The standard InChI is InChI=1S/C18H21N5O6/c1-18(2,17(28)29)23-10-13(21-22-23)16(27)20-12(15(26)19-9-14(24)25)8-11-6-4-3-5-7-11/h3-7,10,12H,8-9H2,1-2H3,(H,19,26)(H,20,27)(H,24,25)(H,28,29)/t12-/m0/s1. The molecule has 11 heteroatoms. The zero-order valence-corrected chi connectivity index (χ0v) is 15.8. The normalized spacial score (nSPS) is 12.1. The van der Waals surface area contributed by atoms with E-state index in [1.807, 2.05) is 0 Å². The molecule has 0 aliphatic heterocycles. The first-order chi connectivity index (χ1) is 13.6. The molecular weight excluding hydrogens is 382 g/mol. The van der Waals surface area contributed by atoms with Crippen LogP contribution >= 0.6 is 0 Å². The molecular formula is C18H21N5O6. The lowest BCUT2D eigenvalue weighted by atomic mass is 10.0. The molecule has 29 heavy (non-hydrogen) atoms. The van der Waals surface area contributed by atoms with Crippen LogP contribution in [-0.2, 0) is 26.3 Å². The second kappa shape index (κ2) is 8.95. The van der Waals surface area contributed by atoms with Gasteiger partial charge in [-0.15, -0.1) is 5.10 Å². The van der Waals surface area contributed by atoms with Crippen molar-refractivity contribution in [1.82, 2.24) is 25.6 Å². The smallest absolute Gasteiger partial charge is 0.331 e. The Bertz CT molecular complexity index is 908. The van der Waals surface area contributed by atoms with Gasteiger partial charge in [0.15, 0.2) is 11.2 Å². The Morgan fingerprint density at radius 3 is 2.38 bits per heavy atom. The van der Waals surface area contributed by atoms with Gasteiger partial charge in [-0.25, -0.2) is 9.48 Å². The number of nitrogens with one attached hydrogen (secondary N) is 2. The minimum atomic E-state index is -1.42. The number of benzene rings is 1. The molecule has 4 N–H and O–H groups in total. The van der Waals surface area contributed by atoms with Crippen molar-refractivity contribution in [2.75, 3.05) is 6.54 Å². The summed E-state index contributed by atoms with van der Waals surface area (Å²) in [4.78, 5) is 46.9. The Hall–Kier alpha value is -3.76. The third-order valence-corrected chi connectivity index (χ3v) is 4.14. The Morgan fingerprint density at radius 2 is 1.79 bits per heavy atom. The number of rotatable bonds is 9. The zero-order valence-electron chi connectivity index (χ0n) is 15.8. The van der Waals surface area contributed by atoms with Gasteiger partial charge in [0.1, 0.15) is 12.6 Å². The summed E-state index contributed by atoms with van der Waals surface area (Å²) in [5, 5.41) is 30.1. The van der Waals surface area contributed by atoms with Crippen LogP contribution in [0.25, 0.3) is 0 Å². The van der Waals surface area contributed by atoms with Crippen LogP contribution in [0.3, 0.4) is 0 Å². The number of carbonyl (C=O) groups is 4. The van der Waals surface area contributed by atoms with Crippen LogP contribution in [0.1, 0.15) is 29.9 Å². The maximum absolute atomic E-state index is 12.5. The topological polar surface area (TPSA) is 164 Å². The van der Waals surface area contributed by atoms with Crippen molar-refractivity contribution in [1.29, 1.82) is 0 Å². The molecule has 2 amide bonds. The van der Waals surface area contributed by atoms with Gasteiger partial charge in [-0.05, 0) is 19.4 Å². The first kappa shape index (κ1) is 21.5. The second-order valence-electron chi connectivity index (χ2n) is 6.74. The molecule has 0 radical (unpaired) electrons. The SMILES string of the molecule is CC(C)(C(=O)O)n1cc(C(=O)N[C@@H](Cc2ccccc2)C(=O)NCC(=O)O)nn1. The summed E-state index contributed by atoms with van der Waals surface area (Å²) in [7, 11) is 0. The van der Waals surface area contributed by atoms with E-state index in [-0.39, 0.29) is 12.1 Å². The number of aliphatic carboxylic acids is 2. The van der Waals surface area contributed by atoms with Crippen LogP contribution < -0.4 is 10.6 Å². The van der Waals surface area contributed by atoms with E-state index in [0.29, 0.717) is 0 Å². The van der Waals surface area contributed by atoms with Gasteiger partial charge < -0.3 is 20.8 Å². The maximum Gasteiger partial charge on any atom is 0.331 e. The molecule has 0 aliphatic rings. The molecule has 11 nitrogen and oxygen atoms in total. The first-order valence-corrected chi connectivity index (χ1v) is 8.61. The minimum Gasteiger partial charge on any atom is -0.480 e. The van der Waals surface area contributed by atoms with E-state index in [0.717, 1.165) is 16.4 Å². The molecule has 2 aromatic rings. The summed E-state index contributed by atoms with van der Waals surface area (Å²) < 4.78 is 1.03. The van der Waals surface area contributed by atoms with Crippen LogP contribution in [-0.4, -0.2) is 61.5 Å². The third kappa shape index (κ3) is 5.61. The molecule has 0 unspecified atom stereocenters. The van der Waals surface area contributed by atoms with Crippen molar-refractivity contribution in [3.05, 3.63) is 47.8 Å². The lowest BCUT2D eigenvalue weighted by molar-refractivity contribution is -0.146. The number of amides is 2. The number of carbonyl (C=O) groups excluding carboxylic acids is 2. The van der Waals surface area contributed by atoms with Gasteiger partial charge in [0.2, 0.25) is 5.91 Å². The average Bonchev–Trinajstić information content (AvgIpc) is 3.17. The lowest BCUT2D eigenvalue weighted by Gasteiger charge is -2.18. The number of hydrogen-bond acceptors (Lipinski definition) is 6. The Balaban J connectivity index is 2.18. The van der Waals surface area contributed by atoms with Gasteiger partial charge in [-0.3, -0.25) is 14.4 Å². The molecule has 0 aliphatic carbocycles. The fourth-order valence-corrected chi connectivity index (χ4v) is 2.32. The van der Waals surface area contributed by atoms with Crippen LogP contribution in [0.15, 0.2) is 36.5 Å². The summed E-state index contributed by atoms with van der Waals surface area (Å²) in [5.41, 5.74) is -0.851. The van der Waals surface area contributed by atoms with Crippen molar-refractivity contribution in [2.45, 2.75) is 31.8 Å². The number of hydrogen-bond donors (Lipinski definition) is 4. The van der Waals surface area contributed by atoms with Gasteiger partial charge in [-0.2, -0.15) is 0 Å². The monoisotopic (exact) mass is 403 g/mol. The molecule has 0 saturated carbocycles. The molecule has 1 aromatic heterocycles. The van der Waals surface area contributed by atoms with Gasteiger partial charge in [0.25, 0.3) is 5.91 Å². The Kier molecular flexibility index (Phi) is 6.65. The molecule has 1 aromatic carbocycles. The Labute approximate surface area is 165 Å². The summed E-state index contributed by atoms with van der Waals surface area (Å²) >= 11 is 0. The summed E-state index contributed by atoms with van der Waals surface area (Å²) in [6, 6.07) is 7.78. The highest BCUT2D eigenvalue weighted by Crippen LogP contribution is 2.14. The van der Waals surface area contributed by atoms with Gasteiger partial charge in [0.05, 0.1) is 6.20 Å². The minimum absolute atomic E-state index is 0.118. The fourth-order valence-electron chi connectivity index (χ4n) is 2.32. The summed E-state index contributed by atoms with van der Waals surface area (Å²) in [6.07, 6.45) is 1.28.